The molecule has 0 aliphatic carbocycles. The van der Waals surface area contributed by atoms with E-state index >= 15 is 0 Å². The number of nitrogens with zero attached hydrogens (tertiary/aromatic N) is 1. The molecule has 1 unspecified atom stereocenters. The lowest BCUT2D eigenvalue weighted by Crippen LogP contribution is -2.13. The van der Waals surface area contributed by atoms with Crippen LogP contribution in [0.1, 0.15) is 18.8 Å². The van der Waals surface area contributed by atoms with E-state index in [9.17, 15) is 14.0 Å². The van der Waals surface area contributed by atoms with Crippen LogP contribution in [0.25, 0.3) is 22.1 Å². The molecule has 0 spiro atoms. The van der Waals surface area contributed by atoms with Crippen LogP contribution in [0.3, 0.4) is 0 Å². The Morgan fingerprint density at radius 1 is 1.33 bits per heavy atom. The number of carbonyl (C=O) groups is 1. The van der Waals surface area contributed by atoms with Gasteiger partial charge in [0.05, 0.1) is 28.1 Å². The summed E-state index contributed by atoms with van der Waals surface area (Å²) in [5, 5.41) is 0.734. The molecule has 0 amide bonds. The quantitative estimate of drug-likeness (QED) is 0.510. The number of benzene rings is 1. The number of rotatable bonds is 3. The molecule has 2 aromatic heterocycles. The minimum atomic E-state index is -2.07. The van der Waals surface area contributed by atoms with Crippen LogP contribution >= 0.6 is 23.2 Å². The number of pyridine rings is 1. The van der Waals surface area contributed by atoms with E-state index in [0.717, 1.165) is 0 Å². The van der Waals surface area contributed by atoms with E-state index in [-0.39, 0.29) is 44.4 Å². The van der Waals surface area contributed by atoms with E-state index in [2.05, 4.69) is 9.72 Å². The van der Waals surface area contributed by atoms with Gasteiger partial charge in [0.2, 0.25) is 17.3 Å². The molecule has 0 fully saturated rings. The maximum Gasteiger partial charge on any atom is 0.347 e. The third kappa shape index (κ3) is 2.83. The first-order chi connectivity index (χ1) is 11.4. The number of hydrogen-bond donors (Lipinski definition) is 0. The smallest absolute Gasteiger partial charge is 0.347 e. The number of ether oxygens (including phenoxy) is 1. The molecule has 0 saturated heterocycles. The van der Waals surface area contributed by atoms with Gasteiger partial charge in [-0.25, -0.2) is 14.2 Å². The molecule has 3 aromatic rings. The van der Waals surface area contributed by atoms with Crippen LogP contribution in [0.5, 0.6) is 0 Å². The average Bonchev–Trinajstić information content (AvgIpc) is 2.55. The number of alkyl halides is 1. The molecule has 1 atom stereocenters. The summed E-state index contributed by atoms with van der Waals surface area (Å²) in [7, 11) is 0. The van der Waals surface area contributed by atoms with Gasteiger partial charge < -0.3 is 9.15 Å². The fraction of sp³-hybridized carbons (Fsp3) is 0.188. The minimum Gasteiger partial charge on any atom is -0.464 e. The lowest BCUT2D eigenvalue weighted by Gasteiger charge is -2.08. The molecule has 0 aliphatic heterocycles. The van der Waals surface area contributed by atoms with Crippen molar-refractivity contribution in [2.75, 3.05) is 6.61 Å². The first-order valence-corrected chi connectivity index (χ1v) is 7.71. The minimum absolute atomic E-state index is 0.0446. The van der Waals surface area contributed by atoms with E-state index < -0.39 is 17.6 Å². The van der Waals surface area contributed by atoms with Gasteiger partial charge in [-0.3, -0.25) is 4.79 Å². The predicted molar refractivity (Wildman–Crippen MR) is 88.3 cm³/mol. The monoisotopic (exact) mass is 369 g/mol. The summed E-state index contributed by atoms with van der Waals surface area (Å²) in [6.07, 6.45) is -2.07. The fourth-order valence-electron chi connectivity index (χ4n) is 2.26. The zero-order valence-corrected chi connectivity index (χ0v) is 13.8. The summed E-state index contributed by atoms with van der Waals surface area (Å²) < 4.78 is 24.2. The van der Waals surface area contributed by atoms with Crippen molar-refractivity contribution < 1.29 is 18.3 Å². The normalized spacial score (nSPS) is 12.5. The van der Waals surface area contributed by atoms with E-state index in [0.29, 0.717) is 0 Å². The molecule has 124 valence electrons. The van der Waals surface area contributed by atoms with Crippen LogP contribution in [-0.2, 0) is 9.53 Å². The summed E-state index contributed by atoms with van der Waals surface area (Å²) in [4.78, 5) is 27.9. The Labute approximate surface area is 144 Å². The number of aromatic nitrogens is 1. The van der Waals surface area contributed by atoms with Crippen molar-refractivity contribution in [3.63, 3.8) is 0 Å². The Balaban J connectivity index is 2.22. The molecule has 5 nitrogen and oxygen atoms in total. The number of halogens is 3. The van der Waals surface area contributed by atoms with E-state index in [1.165, 1.54) is 24.3 Å². The van der Waals surface area contributed by atoms with Crippen LogP contribution in [0, 0.1) is 0 Å². The van der Waals surface area contributed by atoms with E-state index in [4.69, 9.17) is 27.6 Å². The SMILES string of the molecule is CCOC(=O)C(F)c1ccc2c(=O)c3cc(Cl)cc(Cl)c3oc2n1. The van der Waals surface area contributed by atoms with Crippen molar-refractivity contribution in [2.45, 2.75) is 13.1 Å². The highest BCUT2D eigenvalue weighted by molar-refractivity contribution is 6.38. The number of carbonyl (C=O) groups excluding carboxylic acids is 1. The van der Waals surface area contributed by atoms with Crippen molar-refractivity contribution in [3.05, 3.63) is 50.2 Å². The molecular weight excluding hydrogens is 360 g/mol. The lowest BCUT2D eigenvalue weighted by molar-refractivity contribution is -0.149. The third-order valence-corrected chi connectivity index (χ3v) is 3.83. The number of fused-ring (bicyclic) bond motifs is 2. The van der Waals surface area contributed by atoms with Gasteiger partial charge in [0.15, 0.2) is 5.58 Å². The van der Waals surface area contributed by atoms with Crippen molar-refractivity contribution in [1.29, 1.82) is 0 Å². The molecule has 0 aliphatic rings. The zero-order chi connectivity index (χ0) is 17.4. The summed E-state index contributed by atoms with van der Waals surface area (Å²) >= 11 is 11.9. The average molecular weight is 370 g/mol. The van der Waals surface area contributed by atoms with Gasteiger partial charge in [-0.1, -0.05) is 23.2 Å². The maximum absolute atomic E-state index is 14.1. The Bertz CT molecular complexity index is 1020. The summed E-state index contributed by atoms with van der Waals surface area (Å²) in [5.74, 6) is -1.06. The zero-order valence-electron chi connectivity index (χ0n) is 12.3. The van der Waals surface area contributed by atoms with Crippen molar-refractivity contribution >= 4 is 51.2 Å². The van der Waals surface area contributed by atoms with Gasteiger partial charge in [0, 0.05) is 5.02 Å². The first-order valence-electron chi connectivity index (χ1n) is 6.95. The third-order valence-electron chi connectivity index (χ3n) is 3.33. The highest BCUT2D eigenvalue weighted by Gasteiger charge is 2.24. The van der Waals surface area contributed by atoms with Crippen molar-refractivity contribution in [3.8, 4) is 0 Å². The molecule has 0 bridgehead atoms. The lowest BCUT2D eigenvalue weighted by atomic mass is 10.1. The molecule has 0 radical (unpaired) electrons. The van der Waals surface area contributed by atoms with Gasteiger partial charge in [-0.2, -0.15) is 0 Å². The Hall–Kier alpha value is -2.18. The van der Waals surface area contributed by atoms with Gasteiger partial charge >= 0.3 is 5.97 Å². The van der Waals surface area contributed by atoms with Crippen LogP contribution < -0.4 is 5.43 Å². The van der Waals surface area contributed by atoms with Crippen LogP contribution in [0.15, 0.2) is 33.5 Å². The topological polar surface area (TPSA) is 69.4 Å². The van der Waals surface area contributed by atoms with Crippen molar-refractivity contribution in [2.24, 2.45) is 0 Å². The van der Waals surface area contributed by atoms with Crippen LogP contribution in [0.4, 0.5) is 4.39 Å². The molecule has 8 heteroatoms. The van der Waals surface area contributed by atoms with Gasteiger partial charge in [-0.15, -0.1) is 0 Å². The van der Waals surface area contributed by atoms with Gasteiger partial charge in [0.25, 0.3) is 0 Å². The summed E-state index contributed by atoms with van der Waals surface area (Å²) in [6.45, 7) is 1.61. The van der Waals surface area contributed by atoms with Gasteiger partial charge in [-0.05, 0) is 31.2 Å². The molecule has 1 aromatic carbocycles. The summed E-state index contributed by atoms with van der Waals surface area (Å²) in [5.41, 5.74) is -0.647. The summed E-state index contributed by atoms with van der Waals surface area (Å²) in [6, 6.07) is 5.42. The second-order valence-corrected chi connectivity index (χ2v) is 5.74. The van der Waals surface area contributed by atoms with E-state index in [1.54, 1.807) is 6.92 Å². The van der Waals surface area contributed by atoms with Crippen molar-refractivity contribution in [1.82, 2.24) is 4.98 Å². The fourth-order valence-corrected chi connectivity index (χ4v) is 2.79. The second kappa shape index (κ2) is 6.37. The Morgan fingerprint density at radius 2 is 2.08 bits per heavy atom. The molecule has 24 heavy (non-hydrogen) atoms. The second-order valence-electron chi connectivity index (χ2n) is 4.90. The Morgan fingerprint density at radius 3 is 2.79 bits per heavy atom. The molecule has 2 heterocycles. The number of hydrogen-bond acceptors (Lipinski definition) is 5. The Kier molecular flexibility index (Phi) is 4.43. The largest absolute Gasteiger partial charge is 0.464 e. The predicted octanol–water partition coefficient (Wildman–Crippen LogP) is 4.22. The highest BCUT2D eigenvalue weighted by atomic mass is 35.5. The molecule has 0 N–H and O–H groups in total. The first kappa shape index (κ1) is 16.7. The number of esters is 1. The van der Waals surface area contributed by atoms with Crippen LogP contribution in [0.2, 0.25) is 10.0 Å². The maximum atomic E-state index is 14.1. The highest BCUT2D eigenvalue weighted by Crippen LogP contribution is 2.29. The van der Waals surface area contributed by atoms with Gasteiger partial charge in [0.1, 0.15) is 0 Å². The molecule has 0 saturated carbocycles. The standard InChI is InChI=1S/C16H10Cl2FNO4/c1-2-23-16(22)12(19)11-4-3-8-13(21)9-5-7(17)6-10(18)14(9)24-15(8)20-11/h3-6,12H,2H2,1H3. The molecule has 3 rings (SSSR count). The van der Waals surface area contributed by atoms with Crippen LogP contribution in [-0.4, -0.2) is 17.6 Å². The van der Waals surface area contributed by atoms with E-state index in [1.807, 2.05) is 0 Å². The molecular formula is C16H10Cl2FNO4.